The van der Waals surface area contributed by atoms with Crippen molar-refractivity contribution in [3.8, 4) is 11.9 Å². The Morgan fingerprint density at radius 3 is 2.61 bits per heavy atom. The number of nitrogens with one attached hydrogen (secondary N) is 1. The van der Waals surface area contributed by atoms with Gasteiger partial charge in [-0.25, -0.2) is 4.98 Å². The topological polar surface area (TPSA) is 122 Å². The molecule has 2 fully saturated rings. The minimum atomic E-state index is -0.965. The maximum atomic E-state index is 12.1. The number of nitriles is 1. The highest BCUT2D eigenvalue weighted by Gasteiger charge is 2.37. The third-order valence-corrected chi connectivity index (χ3v) is 8.65. The highest BCUT2D eigenvalue weighted by atomic mass is 16.5. The fraction of sp³-hybridized carbons (Fsp3) is 0.562. The molecule has 9 nitrogen and oxygen atoms in total. The van der Waals surface area contributed by atoms with Crippen LogP contribution in [-0.4, -0.2) is 39.1 Å². The number of anilines is 2. The van der Waals surface area contributed by atoms with E-state index >= 15 is 0 Å². The molecule has 0 bridgehead atoms. The molecule has 9 heteroatoms. The molecular formula is C32H41N5O4. The van der Waals surface area contributed by atoms with Gasteiger partial charge >= 0.3 is 5.97 Å². The third-order valence-electron chi connectivity index (χ3n) is 8.65. The number of carbonyl (C=O) groups excluding carboxylic acids is 1. The molecular weight excluding hydrogens is 518 g/mol. The molecule has 3 aromatic rings. The number of pyridine rings is 1. The number of nitrogens with zero attached hydrogens (tertiary/aromatic N) is 4. The second-order valence-electron chi connectivity index (χ2n) is 11.4. The highest BCUT2D eigenvalue weighted by Crippen LogP contribution is 2.42. The quantitative estimate of drug-likeness (QED) is 0.212. The number of ether oxygens (including phenoxy) is 2. The normalized spacial score (nSPS) is 24.5. The summed E-state index contributed by atoms with van der Waals surface area (Å²) in [7, 11) is 0. The Labute approximate surface area is 241 Å². The Kier molecular flexibility index (Phi) is 9.09. The van der Waals surface area contributed by atoms with Gasteiger partial charge in [0.25, 0.3) is 0 Å². The Morgan fingerprint density at radius 1 is 1.15 bits per heavy atom. The van der Waals surface area contributed by atoms with Gasteiger partial charge in [-0.3, -0.25) is 9.48 Å². The van der Waals surface area contributed by atoms with Crippen molar-refractivity contribution >= 4 is 28.4 Å². The highest BCUT2D eigenvalue weighted by molar-refractivity contribution is 5.96. The second kappa shape index (κ2) is 12.9. The Hall–Kier alpha value is -3.64. The summed E-state index contributed by atoms with van der Waals surface area (Å²) < 4.78 is 13.3. The fourth-order valence-corrected chi connectivity index (χ4v) is 6.26. The first-order valence-electron chi connectivity index (χ1n) is 15.1. The average molecular weight is 560 g/mol. The maximum absolute atomic E-state index is 12.1. The van der Waals surface area contributed by atoms with Crippen molar-refractivity contribution in [1.29, 1.82) is 5.26 Å². The van der Waals surface area contributed by atoms with Crippen molar-refractivity contribution in [3.63, 3.8) is 0 Å². The molecule has 0 spiro atoms. The average Bonchev–Trinajstić information content (AvgIpc) is 3.36. The van der Waals surface area contributed by atoms with E-state index in [4.69, 9.17) is 14.6 Å². The van der Waals surface area contributed by atoms with Crippen LogP contribution in [0, 0.1) is 23.2 Å². The molecule has 41 heavy (non-hydrogen) atoms. The summed E-state index contributed by atoms with van der Waals surface area (Å²) in [5.41, 5.74) is 1.61. The van der Waals surface area contributed by atoms with E-state index in [9.17, 15) is 15.2 Å². The summed E-state index contributed by atoms with van der Waals surface area (Å²) in [5, 5.41) is 30.5. The number of hydrogen-bond acceptors (Lipinski definition) is 8. The lowest BCUT2D eigenvalue weighted by Crippen LogP contribution is -2.34. The van der Waals surface area contributed by atoms with Gasteiger partial charge in [0.05, 0.1) is 48.3 Å². The molecule has 2 atom stereocenters. The van der Waals surface area contributed by atoms with Crippen LogP contribution in [0.15, 0.2) is 36.5 Å². The van der Waals surface area contributed by atoms with Crippen LogP contribution >= 0.6 is 0 Å². The van der Waals surface area contributed by atoms with E-state index in [1.807, 2.05) is 41.9 Å². The standard InChI is InChI=1S/C32H41N5O4/c1-3-5-20-41-30-28-27(16-19-34-30)37(26-9-7-6-8-23(26)21-33)36-29(28)35-25-12-10-24(11-13-25)32(39)17-14-22(15-18-32)31(38)40-4-2/h10-13,16,19,22-23,26,39H,3-9,14-15,17-18,20H2,1-2H3,(H,35,36)/t22?,23-,26+,32?/m1/s1. The number of aromatic nitrogens is 3. The van der Waals surface area contributed by atoms with Gasteiger partial charge in [0.1, 0.15) is 5.39 Å². The van der Waals surface area contributed by atoms with Gasteiger partial charge < -0.3 is 19.9 Å². The van der Waals surface area contributed by atoms with Crippen LogP contribution < -0.4 is 10.1 Å². The zero-order valence-electron chi connectivity index (χ0n) is 24.1. The largest absolute Gasteiger partial charge is 0.477 e. The molecule has 0 unspecified atom stereocenters. The minimum absolute atomic E-state index is 0.000879. The van der Waals surface area contributed by atoms with Crippen LogP contribution in [-0.2, 0) is 15.1 Å². The van der Waals surface area contributed by atoms with Crippen LogP contribution in [0.1, 0.15) is 89.7 Å². The lowest BCUT2D eigenvalue weighted by molar-refractivity contribution is -0.151. The summed E-state index contributed by atoms with van der Waals surface area (Å²) in [4.78, 5) is 16.7. The molecule has 2 aliphatic rings. The predicted octanol–water partition coefficient (Wildman–Crippen LogP) is 6.55. The van der Waals surface area contributed by atoms with Crippen molar-refractivity contribution in [3.05, 3.63) is 42.1 Å². The van der Waals surface area contributed by atoms with Gasteiger partial charge in [0, 0.05) is 11.9 Å². The van der Waals surface area contributed by atoms with Gasteiger partial charge in [-0.2, -0.15) is 10.4 Å². The summed E-state index contributed by atoms with van der Waals surface area (Å²) in [6, 6.07) is 12.2. The molecule has 1 aromatic carbocycles. The number of aliphatic hydroxyl groups is 1. The summed E-state index contributed by atoms with van der Waals surface area (Å²) >= 11 is 0. The molecule has 0 aliphatic heterocycles. The first-order chi connectivity index (χ1) is 20.0. The molecule has 2 N–H and O–H groups in total. The number of benzene rings is 1. The lowest BCUT2D eigenvalue weighted by Gasteiger charge is -2.35. The van der Waals surface area contributed by atoms with Gasteiger partial charge in [0.15, 0.2) is 5.82 Å². The van der Waals surface area contributed by atoms with Gasteiger partial charge in [0.2, 0.25) is 5.88 Å². The predicted molar refractivity (Wildman–Crippen MR) is 157 cm³/mol. The van der Waals surface area contributed by atoms with E-state index in [0.717, 1.165) is 60.7 Å². The monoisotopic (exact) mass is 559 g/mol. The molecule has 0 radical (unpaired) electrons. The maximum Gasteiger partial charge on any atom is 0.308 e. The molecule has 2 heterocycles. The number of unbranched alkanes of at least 4 members (excludes halogenated alkanes) is 1. The number of hydrogen-bond donors (Lipinski definition) is 2. The van der Waals surface area contributed by atoms with E-state index in [2.05, 4.69) is 23.3 Å². The van der Waals surface area contributed by atoms with Crippen LogP contribution in [0.4, 0.5) is 11.5 Å². The van der Waals surface area contributed by atoms with Gasteiger partial charge in [-0.1, -0.05) is 38.3 Å². The van der Waals surface area contributed by atoms with Crippen LogP contribution in [0.2, 0.25) is 0 Å². The van der Waals surface area contributed by atoms with Crippen molar-refractivity contribution in [1.82, 2.24) is 14.8 Å². The Bertz CT molecular complexity index is 1370. The van der Waals surface area contributed by atoms with E-state index in [1.54, 1.807) is 6.20 Å². The molecule has 2 aliphatic carbocycles. The van der Waals surface area contributed by atoms with E-state index in [1.165, 1.54) is 0 Å². The molecule has 2 saturated carbocycles. The number of fused-ring (bicyclic) bond motifs is 1. The zero-order valence-corrected chi connectivity index (χ0v) is 24.1. The first-order valence-corrected chi connectivity index (χ1v) is 15.1. The summed E-state index contributed by atoms with van der Waals surface area (Å²) in [5.74, 6) is 0.784. The first kappa shape index (κ1) is 28.9. The minimum Gasteiger partial charge on any atom is -0.477 e. The lowest BCUT2D eigenvalue weighted by atomic mass is 9.75. The van der Waals surface area contributed by atoms with Crippen LogP contribution in [0.25, 0.3) is 10.9 Å². The number of rotatable bonds is 10. The smallest absolute Gasteiger partial charge is 0.308 e. The van der Waals surface area contributed by atoms with Gasteiger partial charge in [-0.15, -0.1) is 0 Å². The summed E-state index contributed by atoms with van der Waals surface area (Å²) in [6.07, 6.45) is 9.88. The zero-order chi connectivity index (χ0) is 28.8. The van der Waals surface area contributed by atoms with Crippen LogP contribution in [0.5, 0.6) is 5.88 Å². The van der Waals surface area contributed by atoms with Gasteiger partial charge in [-0.05, 0) is 75.6 Å². The van der Waals surface area contributed by atoms with E-state index in [-0.39, 0.29) is 23.8 Å². The molecule has 0 saturated heterocycles. The fourth-order valence-electron chi connectivity index (χ4n) is 6.26. The number of esters is 1. The van der Waals surface area contributed by atoms with E-state index < -0.39 is 5.60 Å². The molecule has 2 aromatic heterocycles. The van der Waals surface area contributed by atoms with Crippen LogP contribution in [0.3, 0.4) is 0 Å². The third kappa shape index (κ3) is 6.18. The number of carbonyl (C=O) groups is 1. The Balaban J connectivity index is 1.40. The van der Waals surface area contributed by atoms with Crippen molar-refractivity contribution in [2.24, 2.45) is 11.8 Å². The summed E-state index contributed by atoms with van der Waals surface area (Å²) in [6.45, 7) is 4.89. The molecule has 218 valence electrons. The second-order valence-corrected chi connectivity index (χ2v) is 11.4. The molecule has 5 rings (SSSR count). The van der Waals surface area contributed by atoms with Crippen molar-refractivity contribution in [2.45, 2.75) is 89.7 Å². The van der Waals surface area contributed by atoms with Crippen molar-refractivity contribution in [2.75, 3.05) is 18.5 Å². The SMILES string of the molecule is CCCCOc1nccc2c1c(Nc1ccc(C3(O)CCC(C(=O)OCC)CC3)cc1)nn2[C@H]1CCCC[C@@H]1C#N. The van der Waals surface area contributed by atoms with E-state index in [0.29, 0.717) is 50.6 Å². The molecule has 0 amide bonds. The van der Waals surface area contributed by atoms with Crippen molar-refractivity contribution < 1.29 is 19.4 Å². The Morgan fingerprint density at radius 2 is 1.90 bits per heavy atom.